The summed E-state index contributed by atoms with van der Waals surface area (Å²) in [5.74, 6) is 0. The molecule has 0 heterocycles. The van der Waals surface area contributed by atoms with Gasteiger partial charge in [0.15, 0.2) is 0 Å². The maximum atomic E-state index is 2.27. The Kier molecular flexibility index (Phi) is 3.40. The number of hydrogen-bond acceptors (Lipinski definition) is 0. The lowest BCUT2D eigenvalue weighted by molar-refractivity contribution is 1.02. The normalized spacial score (nSPS) is 15.4. The highest BCUT2D eigenvalue weighted by Crippen LogP contribution is 1.92. The van der Waals surface area contributed by atoms with Crippen molar-refractivity contribution in [1.29, 1.82) is 0 Å². The third-order valence-electron chi connectivity index (χ3n) is 0.816. The van der Waals surface area contributed by atoms with E-state index in [4.69, 9.17) is 0 Å². The molecule has 0 rings (SSSR count). The van der Waals surface area contributed by atoms with Crippen LogP contribution in [0.15, 0.2) is 0 Å². The fourth-order valence-electron chi connectivity index (χ4n) is 0. The van der Waals surface area contributed by atoms with Gasteiger partial charge in [-0.3, -0.25) is 0 Å². The van der Waals surface area contributed by atoms with Gasteiger partial charge in [0.2, 0.25) is 16.3 Å². The summed E-state index contributed by atoms with van der Waals surface area (Å²) in [6, 6.07) is 0. The van der Waals surface area contributed by atoms with Gasteiger partial charge in [-0.15, -0.1) is 4.40 Å². The fraction of sp³-hybridized carbons (Fsp3) is 1.00. The van der Waals surface area contributed by atoms with Gasteiger partial charge in [0.1, 0.15) is 0 Å². The highest BCUT2D eigenvalue weighted by Gasteiger charge is 1.81. The molecule has 0 aliphatic rings. The number of hydrogen-bond donors (Lipinski definition) is 0. The Morgan fingerprint density at radius 2 is 2.20 bits per heavy atom. The average molecular weight is 102 g/mol. The summed E-state index contributed by atoms with van der Waals surface area (Å²) in [5, 5.41) is 0. The van der Waals surface area contributed by atoms with Crippen molar-refractivity contribution in [3.05, 3.63) is 0 Å². The van der Waals surface area contributed by atoms with Gasteiger partial charge in [-0.05, 0) is 10.2 Å². The van der Waals surface area contributed by atoms with E-state index in [9.17, 15) is 0 Å². The Labute approximate surface area is 44.8 Å². The van der Waals surface area contributed by atoms with Crippen LogP contribution in [0.2, 0.25) is 4.40 Å². The summed E-state index contributed by atoms with van der Waals surface area (Å²) in [6.45, 7) is 2.27. The SMILES string of the molecule is CC[CH]([AlH2])[SiH3]. The van der Waals surface area contributed by atoms with Gasteiger partial charge < -0.3 is 0 Å². The maximum Gasteiger partial charge on any atom is 0.211 e. The van der Waals surface area contributed by atoms with Gasteiger partial charge in [-0.1, -0.05) is 13.3 Å². The molecule has 0 aliphatic heterocycles. The van der Waals surface area contributed by atoms with Gasteiger partial charge in [-0.2, -0.15) is 0 Å². The summed E-state index contributed by atoms with van der Waals surface area (Å²) in [5.41, 5.74) is 0. The van der Waals surface area contributed by atoms with Crippen molar-refractivity contribution in [3.8, 4) is 0 Å². The van der Waals surface area contributed by atoms with E-state index in [2.05, 4.69) is 6.92 Å². The summed E-state index contributed by atoms with van der Waals surface area (Å²) >= 11 is 1.43. The van der Waals surface area contributed by atoms with Crippen molar-refractivity contribution in [3.63, 3.8) is 0 Å². The molecule has 0 spiro atoms. The van der Waals surface area contributed by atoms with E-state index in [1.54, 1.807) is 0 Å². The number of rotatable bonds is 1. The summed E-state index contributed by atoms with van der Waals surface area (Å²) < 4.78 is 1.16. The van der Waals surface area contributed by atoms with Crippen molar-refractivity contribution >= 4 is 26.5 Å². The zero-order chi connectivity index (χ0) is 4.28. The van der Waals surface area contributed by atoms with Crippen LogP contribution in [0.1, 0.15) is 13.3 Å². The first-order valence-corrected chi connectivity index (χ1v) is 4.58. The highest BCUT2D eigenvalue weighted by atomic mass is 28.2. The maximum absolute atomic E-state index is 2.27. The Balaban J connectivity index is 2.54. The minimum Gasteiger partial charge on any atom is -0.102 e. The van der Waals surface area contributed by atoms with Crippen LogP contribution >= 0.6 is 0 Å². The highest BCUT2D eigenvalue weighted by molar-refractivity contribution is 6.35. The molecule has 2 heteroatoms. The topological polar surface area (TPSA) is 0 Å². The first-order chi connectivity index (χ1) is 2.27. The molecule has 0 nitrogen and oxygen atoms in total. The van der Waals surface area contributed by atoms with Crippen LogP contribution in [-0.2, 0) is 0 Å². The van der Waals surface area contributed by atoms with E-state index in [0.29, 0.717) is 0 Å². The van der Waals surface area contributed by atoms with Crippen molar-refractivity contribution in [1.82, 2.24) is 0 Å². The zero-order valence-electron chi connectivity index (χ0n) is 4.28. The molecule has 5 heavy (non-hydrogen) atoms. The van der Waals surface area contributed by atoms with Crippen LogP contribution < -0.4 is 0 Å². The van der Waals surface area contributed by atoms with Gasteiger partial charge in [0, 0.05) is 0 Å². The molecule has 0 saturated heterocycles. The summed E-state index contributed by atoms with van der Waals surface area (Å²) in [4.78, 5) is 0. The van der Waals surface area contributed by atoms with Crippen LogP contribution in [-0.4, -0.2) is 26.5 Å². The van der Waals surface area contributed by atoms with Crippen molar-refractivity contribution < 1.29 is 0 Å². The average Bonchev–Trinajstić information content (AvgIpc) is 1.38. The van der Waals surface area contributed by atoms with E-state index in [1.165, 1.54) is 33.0 Å². The molecular formula is C3H11AlSi. The molecule has 0 aromatic heterocycles. The van der Waals surface area contributed by atoms with Gasteiger partial charge in [0.05, 0.1) is 0 Å². The molecule has 0 fully saturated rings. The lowest BCUT2D eigenvalue weighted by atomic mass is 10.6. The molecule has 30 valence electrons. The predicted octanol–water partition coefficient (Wildman–Crippen LogP) is -0.859. The van der Waals surface area contributed by atoms with Gasteiger partial charge in [0.25, 0.3) is 0 Å². The molecule has 0 amide bonds. The van der Waals surface area contributed by atoms with Gasteiger partial charge >= 0.3 is 0 Å². The molecule has 0 bridgehead atoms. The zero-order valence-corrected chi connectivity index (χ0v) is 8.28. The van der Waals surface area contributed by atoms with E-state index in [-0.39, 0.29) is 0 Å². The standard InChI is InChI=1S/C3H9Si.Al.2H/c1-2-3-4;;;/h3H,2H2,1,4H3;;;. The third-order valence-corrected chi connectivity index (χ3v) is 2.45. The van der Waals surface area contributed by atoms with Crippen molar-refractivity contribution in [2.75, 3.05) is 0 Å². The molecule has 0 aromatic rings. The first kappa shape index (κ1) is 5.75. The quantitative estimate of drug-likeness (QED) is 0.378. The molecule has 0 N–H and O–H groups in total. The van der Waals surface area contributed by atoms with Crippen LogP contribution in [0.25, 0.3) is 0 Å². The molecule has 0 saturated carbocycles. The van der Waals surface area contributed by atoms with Crippen LogP contribution in [0.5, 0.6) is 0 Å². The molecule has 0 aliphatic carbocycles. The second-order valence-corrected chi connectivity index (χ2v) is 8.05. The molecule has 1 unspecified atom stereocenters. The second kappa shape index (κ2) is 2.96. The first-order valence-electron chi connectivity index (χ1n) is 2.27. The van der Waals surface area contributed by atoms with E-state index in [1.807, 2.05) is 0 Å². The van der Waals surface area contributed by atoms with Crippen LogP contribution in [0.4, 0.5) is 0 Å². The van der Waals surface area contributed by atoms with Crippen molar-refractivity contribution in [2.45, 2.75) is 17.7 Å². The summed E-state index contributed by atoms with van der Waals surface area (Å²) in [7, 11) is 1.43. The monoisotopic (exact) mass is 102 g/mol. The van der Waals surface area contributed by atoms with Crippen LogP contribution in [0.3, 0.4) is 0 Å². The molecule has 0 aromatic carbocycles. The van der Waals surface area contributed by atoms with Gasteiger partial charge in [-0.25, -0.2) is 0 Å². The lowest BCUT2D eigenvalue weighted by Gasteiger charge is -1.89. The van der Waals surface area contributed by atoms with E-state index < -0.39 is 0 Å². The Bertz CT molecular complexity index is 20.9. The Morgan fingerprint density at radius 1 is 2.00 bits per heavy atom. The van der Waals surface area contributed by atoms with Crippen LogP contribution in [0, 0.1) is 0 Å². The minimum atomic E-state index is 1.16. The Morgan fingerprint density at radius 3 is 2.20 bits per heavy atom. The minimum absolute atomic E-state index is 1.16. The summed E-state index contributed by atoms with van der Waals surface area (Å²) in [6.07, 6.45) is 1.43. The van der Waals surface area contributed by atoms with Crippen molar-refractivity contribution in [2.24, 2.45) is 0 Å². The van der Waals surface area contributed by atoms with E-state index >= 15 is 0 Å². The van der Waals surface area contributed by atoms with E-state index in [0.717, 1.165) is 4.40 Å². The lowest BCUT2D eigenvalue weighted by Crippen LogP contribution is -1.84. The molecule has 0 radical (unpaired) electrons. The third kappa shape index (κ3) is 4.75. The fourth-order valence-corrected chi connectivity index (χ4v) is 0. The Hall–Kier alpha value is 0.749. The largest absolute Gasteiger partial charge is 0.211 e. The molecule has 1 atom stereocenters. The molecular weight excluding hydrogens is 91.1 g/mol. The smallest absolute Gasteiger partial charge is 0.102 e. The predicted molar refractivity (Wildman–Crippen MR) is 32.5 cm³/mol. The second-order valence-electron chi connectivity index (χ2n) is 1.80.